The maximum Gasteiger partial charge on any atom is 0.246 e. The Balaban J connectivity index is 1.74. The number of nitrogens with one attached hydrogen (secondary N) is 1. The van der Waals surface area contributed by atoms with Crippen LogP contribution in [-0.4, -0.2) is 26.1 Å². The van der Waals surface area contributed by atoms with E-state index in [2.05, 4.69) is 20.8 Å². The summed E-state index contributed by atoms with van der Waals surface area (Å²) in [7, 11) is 0. The largest absolute Gasteiger partial charge is 0.324 e. The molecule has 0 saturated heterocycles. The van der Waals surface area contributed by atoms with Gasteiger partial charge in [0.1, 0.15) is 6.54 Å². The van der Waals surface area contributed by atoms with Gasteiger partial charge in [0.25, 0.3) is 0 Å². The molecule has 0 saturated carbocycles. The van der Waals surface area contributed by atoms with Gasteiger partial charge in [-0.3, -0.25) is 4.79 Å². The molecular weight excluding hydrogens is 326 g/mol. The lowest BCUT2D eigenvalue weighted by Gasteiger charge is -2.08. The van der Waals surface area contributed by atoms with Gasteiger partial charge in [-0.05, 0) is 71.8 Å². The van der Waals surface area contributed by atoms with E-state index in [1.54, 1.807) is 12.1 Å². The fourth-order valence-electron chi connectivity index (χ4n) is 2.27. The first-order valence-corrected chi connectivity index (χ1v) is 7.80. The maximum absolute atomic E-state index is 12.3. The number of nitrogens with zero attached hydrogens (tertiary/aromatic N) is 4. The van der Waals surface area contributed by atoms with Gasteiger partial charge in [-0.1, -0.05) is 17.7 Å². The fraction of sp³-hybridized carbons (Fsp3) is 0.176. The predicted octanol–water partition coefficient (Wildman–Crippen LogP) is 3.25. The monoisotopic (exact) mass is 341 g/mol. The topological polar surface area (TPSA) is 72.7 Å². The normalized spacial score (nSPS) is 10.6. The van der Waals surface area contributed by atoms with Crippen molar-refractivity contribution in [2.24, 2.45) is 0 Å². The fourth-order valence-corrected chi connectivity index (χ4v) is 2.40. The second kappa shape index (κ2) is 6.80. The van der Waals surface area contributed by atoms with Crippen molar-refractivity contribution in [1.29, 1.82) is 0 Å². The Morgan fingerprint density at radius 1 is 1.12 bits per heavy atom. The Morgan fingerprint density at radius 3 is 2.58 bits per heavy atom. The highest BCUT2D eigenvalue weighted by atomic mass is 35.5. The quantitative estimate of drug-likeness (QED) is 0.790. The molecule has 1 amide bonds. The van der Waals surface area contributed by atoms with Gasteiger partial charge in [0.15, 0.2) is 5.82 Å². The van der Waals surface area contributed by atoms with Gasteiger partial charge in [0.05, 0.1) is 0 Å². The zero-order chi connectivity index (χ0) is 17.1. The summed E-state index contributed by atoms with van der Waals surface area (Å²) in [4.78, 5) is 12.3. The van der Waals surface area contributed by atoms with E-state index in [-0.39, 0.29) is 12.5 Å². The molecule has 0 bridgehead atoms. The Bertz CT molecular complexity index is 873. The van der Waals surface area contributed by atoms with Crippen LogP contribution < -0.4 is 5.32 Å². The van der Waals surface area contributed by atoms with Gasteiger partial charge in [-0.2, -0.15) is 0 Å². The molecule has 7 heteroatoms. The lowest BCUT2D eigenvalue weighted by molar-refractivity contribution is -0.116. The minimum Gasteiger partial charge on any atom is -0.324 e. The highest BCUT2D eigenvalue weighted by Gasteiger charge is 2.12. The summed E-state index contributed by atoms with van der Waals surface area (Å²) in [5, 5.41) is 15.0. The SMILES string of the molecule is Cc1ccc(NC(=O)Cn2nnnc2-c2ccc(Cl)cc2)cc1C. The number of hydrogen-bond donors (Lipinski definition) is 1. The van der Waals surface area contributed by atoms with E-state index in [1.807, 2.05) is 44.2 Å². The summed E-state index contributed by atoms with van der Waals surface area (Å²) in [5.74, 6) is 0.322. The number of aryl methyl sites for hydroxylation is 2. The Morgan fingerprint density at radius 2 is 1.88 bits per heavy atom. The molecule has 0 atom stereocenters. The van der Waals surface area contributed by atoms with Crippen molar-refractivity contribution >= 4 is 23.2 Å². The van der Waals surface area contributed by atoms with Crippen LogP contribution >= 0.6 is 11.6 Å². The van der Waals surface area contributed by atoms with E-state index in [9.17, 15) is 4.79 Å². The van der Waals surface area contributed by atoms with Gasteiger partial charge in [0.2, 0.25) is 5.91 Å². The average Bonchev–Trinajstić information content (AvgIpc) is 2.99. The Hall–Kier alpha value is -2.73. The number of anilines is 1. The van der Waals surface area contributed by atoms with Crippen molar-refractivity contribution in [3.63, 3.8) is 0 Å². The smallest absolute Gasteiger partial charge is 0.246 e. The van der Waals surface area contributed by atoms with Crippen LogP contribution in [0.2, 0.25) is 5.02 Å². The Kier molecular flexibility index (Phi) is 4.57. The van der Waals surface area contributed by atoms with Gasteiger partial charge in [-0.25, -0.2) is 4.68 Å². The lowest BCUT2D eigenvalue weighted by atomic mass is 10.1. The minimum absolute atomic E-state index is 0.0257. The first-order valence-electron chi connectivity index (χ1n) is 7.42. The molecule has 3 aromatic rings. The number of tetrazole rings is 1. The molecule has 6 nitrogen and oxygen atoms in total. The predicted molar refractivity (Wildman–Crippen MR) is 92.8 cm³/mol. The lowest BCUT2D eigenvalue weighted by Crippen LogP contribution is -2.20. The van der Waals surface area contributed by atoms with Crippen LogP contribution in [0.4, 0.5) is 5.69 Å². The van der Waals surface area contributed by atoms with Crippen LogP contribution in [0.15, 0.2) is 42.5 Å². The molecule has 122 valence electrons. The molecule has 0 radical (unpaired) electrons. The summed E-state index contributed by atoms with van der Waals surface area (Å²) in [6, 6.07) is 12.9. The van der Waals surface area contributed by atoms with Crippen LogP contribution in [0, 0.1) is 13.8 Å². The van der Waals surface area contributed by atoms with E-state index in [0.29, 0.717) is 10.8 Å². The summed E-state index contributed by atoms with van der Waals surface area (Å²) < 4.78 is 1.46. The summed E-state index contributed by atoms with van der Waals surface area (Å²) >= 11 is 5.89. The van der Waals surface area contributed by atoms with Gasteiger partial charge in [-0.15, -0.1) is 5.10 Å². The molecule has 0 unspecified atom stereocenters. The third-order valence-corrected chi connectivity index (χ3v) is 3.97. The van der Waals surface area contributed by atoms with Crippen LogP contribution in [0.5, 0.6) is 0 Å². The number of carbonyl (C=O) groups is 1. The number of carbonyl (C=O) groups excluding carboxylic acids is 1. The molecule has 0 aliphatic carbocycles. The molecule has 3 rings (SSSR count). The molecule has 24 heavy (non-hydrogen) atoms. The van der Waals surface area contributed by atoms with E-state index in [0.717, 1.165) is 16.8 Å². The molecule has 0 fully saturated rings. The first-order chi connectivity index (χ1) is 11.5. The molecular formula is C17H16ClN5O. The van der Waals surface area contributed by atoms with Gasteiger partial charge >= 0.3 is 0 Å². The number of halogens is 1. The summed E-state index contributed by atoms with van der Waals surface area (Å²) in [5.41, 5.74) is 3.85. The standard InChI is InChI=1S/C17H16ClN5O/c1-11-3-8-15(9-12(11)2)19-16(24)10-23-17(20-21-22-23)13-4-6-14(18)7-5-13/h3-9H,10H2,1-2H3,(H,19,24). The molecule has 0 aliphatic rings. The highest BCUT2D eigenvalue weighted by molar-refractivity contribution is 6.30. The van der Waals surface area contributed by atoms with Crippen LogP contribution in [-0.2, 0) is 11.3 Å². The van der Waals surface area contributed by atoms with Crippen LogP contribution in [0.25, 0.3) is 11.4 Å². The van der Waals surface area contributed by atoms with E-state index in [1.165, 1.54) is 10.2 Å². The highest BCUT2D eigenvalue weighted by Crippen LogP contribution is 2.19. The van der Waals surface area contributed by atoms with Crippen molar-refractivity contribution in [2.75, 3.05) is 5.32 Å². The molecule has 1 aromatic heterocycles. The second-order valence-corrected chi connectivity index (χ2v) is 5.95. The van der Waals surface area contributed by atoms with Gasteiger partial charge < -0.3 is 5.32 Å². The number of benzene rings is 2. The zero-order valence-corrected chi connectivity index (χ0v) is 14.1. The van der Waals surface area contributed by atoms with Crippen LogP contribution in [0.3, 0.4) is 0 Å². The van der Waals surface area contributed by atoms with Crippen LogP contribution in [0.1, 0.15) is 11.1 Å². The molecule has 0 spiro atoms. The van der Waals surface area contributed by atoms with Crippen molar-refractivity contribution in [1.82, 2.24) is 20.2 Å². The second-order valence-electron chi connectivity index (χ2n) is 5.51. The number of aromatic nitrogens is 4. The number of rotatable bonds is 4. The third-order valence-electron chi connectivity index (χ3n) is 3.72. The van der Waals surface area contributed by atoms with E-state index >= 15 is 0 Å². The van der Waals surface area contributed by atoms with Gasteiger partial charge in [0, 0.05) is 16.3 Å². The average molecular weight is 342 g/mol. The number of amides is 1. The number of hydrogen-bond acceptors (Lipinski definition) is 4. The molecule has 2 aromatic carbocycles. The first kappa shape index (κ1) is 16.1. The zero-order valence-electron chi connectivity index (χ0n) is 13.3. The minimum atomic E-state index is -0.194. The molecule has 1 N–H and O–H groups in total. The van der Waals surface area contributed by atoms with Crippen molar-refractivity contribution in [2.45, 2.75) is 20.4 Å². The van der Waals surface area contributed by atoms with Crippen molar-refractivity contribution < 1.29 is 4.79 Å². The van der Waals surface area contributed by atoms with Crippen molar-refractivity contribution in [3.8, 4) is 11.4 Å². The van der Waals surface area contributed by atoms with E-state index < -0.39 is 0 Å². The molecule has 0 aliphatic heterocycles. The summed E-state index contributed by atoms with van der Waals surface area (Å²) in [6.45, 7) is 4.06. The van der Waals surface area contributed by atoms with E-state index in [4.69, 9.17) is 11.6 Å². The third kappa shape index (κ3) is 3.60. The molecule has 1 heterocycles. The van der Waals surface area contributed by atoms with Crippen molar-refractivity contribution in [3.05, 3.63) is 58.6 Å². The maximum atomic E-state index is 12.3. The Labute approximate surface area is 144 Å². The summed E-state index contributed by atoms with van der Waals surface area (Å²) in [6.07, 6.45) is 0.